The molecular formula is C20H22ClNO5. The Balaban J connectivity index is 1.90. The van der Waals surface area contributed by atoms with Gasteiger partial charge in [-0.2, -0.15) is 0 Å². The molecule has 6 nitrogen and oxygen atoms in total. The smallest absolute Gasteiger partial charge is 0.341 e. The minimum atomic E-state index is -1.02. The molecule has 2 N–H and O–H groups in total. The number of nitrogens with one attached hydrogen (secondary N) is 1. The molecule has 2 rings (SSSR count). The van der Waals surface area contributed by atoms with E-state index in [2.05, 4.69) is 5.32 Å². The van der Waals surface area contributed by atoms with Crippen molar-refractivity contribution in [2.75, 3.05) is 13.2 Å². The second-order valence-corrected chi connectivity index (χ2v) is 6.58. The monoisotopic (exact) mass is 391 g/mol. The van der Waals surface area contributed by atoms with Gasteiger partial charge in [0, 0.05) is 11.6 Å². The second kappa shape index (κ2) is 9.83. The Kier molecular flexibility index (Phi) is 7.49. The molecule has 0 fully saturated rings. The molecular weight excluding hydrogens is 370 g/mol. The van der Waals surface area contributed by atoms with E-state index >= 15 is 0 Å². The number of hydrogen-bond acceptors (Lipinski definition) is 4. The van der Waals surface area contributed by atoms with Crippen molar-refractivity contribution in [1.82, 2.24) is 5.32 Å². The lowest BCUT2D eigenvalue weighted by molar-refractivity contribution is -0.139. The predicted molar refractivity (Wildman–Crippen MR) is 103 cm³/mol. The normalized spacial score (nSPS) is 10.5. The van der Waals surface area contributed by atoms with Gasteiger partial charge in [-0.3, -0.25) is 4.79 Å². The number of ether oxygens (including phenoxy) is 2. The van der Waals surface area contributed by atoms with Crippen LogP contribution in [0.4, 0.5) is 0 Å². The van der Waals surface area contributed by atoms with Crippen molar-refractivity contribution in [2.45, 2.75) is 26.4 Å². The van der Waals surface area contributed by atoms with Crippen LogP contribution in [0.25, 0.3) is 0 Å². The molecule has 0 spiro atoms. The third kappa shape index (κ3) is 6.83. The van der Waals surface area contributed by atoms with Crippen molar-refractivity contribution in [3.8, 4) is 11.5 Å². The molecule has 7 heteroatoms. The summed E-state index contributed by atoms with van der Waals surface area (Å²) >= 11 is 6.00. The Morgan fingerprint density at radius 3 is 2.48 bits per heavy atom. The molecule has 0 saturated heterocycles. The van der Waals surface area contributed by atoms with E-state index in [-0.39, 0.29) is 18.6 Å². The lowest BCUT2D eigenvalue weighted by Gasteiger charge is -2.14. The maximum atomic E-state index is 12.5. The first kappa shape index (κ1) is 20.6. The molecule has 0 heterocycles. The minimum absolute atomic E-state index is 0.0559. The van der Waals surface area contributed by atoms with E-state index in [9.17, 15) is 9.59 Å². The third-order valence-electron chi connectivity index (χ3n) is 3.53. The number of carboxylic acid groups (broad SMARTS) is 1. The zero-order valence-electron chi connectivity index (χ0n) is 15.2. The zero-order chi connectivity index (χ0) is 19.8. The summed E-state index contributed by atoms with van der Waals surface area (Å²) in [6, 6.07) is 12.0. The van der Waals surface area contributed by atoms with Crippen LogP contribution in [0.15, 0.2) is 42.5 Å². The fourth-order valence-electron chi connectivity index (χ4n) is 2.35. The highest BCUT2D eigenvalue weighted by molar-refractivity contribution is 6.31. The van der Waals surface area contributed by atoms with Crippen molar-refractivity contribution < 1.29 is 24.2 Å². The molecule has 27 heavy (non-hydrogen) atoms. The van der Waals surface area contributed by atoms with E-state index in [1.54, 1.807) is 30.3 Å². The minimum Gasteiger partial charge on any atom is -0.490 e. The number of amides is 1. The summed E-state index contributed by atoms with van der Waals surface area (Å²) in [6.45, 7) is 3.83. The zero-order valence-corrected chi connectivity index (χ0v) is 16.0. The number of halogens is 1. The van der Waals surface area contributed by atoms with Crippen molar-refractivity contribution in [2.24, 2.45) is 0 Å². The number of carbonyl (C=O) groups is 2. The Bertz CT molecular complexity index is 789. The van der Waals surface area contributed by atoms with Crippen LogP contribution >= 0.6 is 11.6 Å². The predicted octanol–water partition coefficient (Wildman–Crippen LogP) is 3.56. The third-order valence-corrected chi connectivity index (χ3v) is 3.77. The lowest BCUT2D eigenvalue weighted by Crippen LogP contribution is -2.26. The first-order chi connectivity index (χ1) is 12.8. The van der Waals surface area contributed by atoms with Gasteiger partial charge in [-0.1, -0.05) is 23.7 Å². The Labute approximate surface area is 163 Å². The number of hydrogen-bond donors (Lipinski definition) is 2. The van der Waals surface area contributed by atoms with Crippen molar-refractivity contribution >= 4 is 23.5 Å². The first-order valence-corrected chi connectivity index (χ1v) is 8.91. The van der Waals surface area contributed by atoms with Gasteiger partial charge in [0.1, 0.15) is 11.5 Å². The molecule has 0 bridgehead atoms. The van der Waals surface area contributed by atoms with Gasteiger partial charge >= 0.3 is 5.97 Å². The maximum absolute atomic E-state index is 12.5. The molecule has 0 aromatic heterocycles. The molecule has 0 atom stereocenters. The summed E-state index contributed by atoms with van der Waals surface area (Å²) < 4.78 is 10.7. The van der Waals surface area contributed by atoms with E-state index in [1.165, 1.54) is 0 Å². The van der Waals surface area contributed by atoms with Crippen LogP contribution < -0.4 is 14.8 Å². The van der Waals surface area contributed by atoms with Crippen molar-refractivity contribution in [3.05, 3.63) is 58.6 Å². The van der Waals surface area contributed by atoms with Crippen molar-refractivity contribution in [1.29, 1.82) is 0 Å². The summed E-state index contributed by atoms with van der Waals surface area (Å²) in [6.07, 6.45) is 0.561. The number of aliphatic carboxylic acids is 1. The number of benzene rings is 2. The van der Waals surface area contributed by atoms with Gasteiger partial charge in [0.05, 0.1) is 11.7 Å². The Morgan fingerprint density at radius 2 is 1.85 bits per heavy atom. The molecule has 144 valence electrons. The second-order valence-electron chi connectivity index (χ2n) is 6.14. The van der Waals surface area contributed by atoms with Gasteiger partial charge in [-0.05, 0) is 56.2 Å². The number of carboxylic acids is 1. The number of carbonyl (C=O) groups excluding carboxylic acids is 1. The van der Waals surface area contributed by atoms with Gasteiger partial charge in [0.15, 0.2) is 6.61 Å². The van der Waals surface area contributed by atoms with Gasteiger partial charge < -0.3 is 19.9 Å². The highest BCUT2D eigenvalue weighted by Gasteiger charge is 2.14. The van der Waals surface area contributed by atoms with Gasteiger partial charge in [-0.25, -0.2) is 4.79 Å². The molecule has 0 unspecified atom stereocenters. The fourth-order valence-corrected chi connectivity index (χ4v) is 2.52. The van der Waals surface area contributed by atoms with Crippen LogP contribution in [0.2, 0.25) is 5.02 Å². The van der Waals surface area contributed by atoms with Crippen LogP contribution in [0.1, 0.15) is 29.8 Å². The molecule has 0 aliphatic heterocycles. The highest BCUT2D eigenvalue weighted by atomic mass is 35.5. The van der Waals surface area contributed by atoms with E-state index in [0.717, 1.165) is 5.56 Å². The van der Waals surface area contributed by atoms with Gasteiger partial charge in [-0.15, -0.1) is 0 Å². The Hall–Kier alpha value is -2.73. The molecule has 2 aromatic rings. The van der Waals surface area contributed by atoms with E-state index in [1.807, 2.05) is 26.0 Å². The summed E-state index contributed by atoms with van der Waals surface area (Å²) in [5.74, 6) is -0.301. The topological polar surface area (TPSA) is 84.9 Å². The summed E-state index contributed by atoms with van der Waals surface area (Å²) in [4.78, 5) is 23.0. The standard InChI is InChI=1S/C20H22ClNO5/c1-13(2)27-18-8-5-15(21)11-17(18)20(25)22-10-9-14-3-6-16(7-4-14)26-12-19(23)24/h3-8,11,13H,9-10,12H2,1-2H3,(H,22,25)(H,23,24). The molecule has 0 aliphatic carbocycles. The average Bonchev–Trinajstić information content (AvgIpc) is 2.62. The maximum Gasteiger partial charge on any atom is 0.341 e. The lowest BCUT2D eigenvalue weighted by atomic mass is 10.1. The SMILES string of the molecule is CC(C)Oc1ccc(Cl)cc1C(=O)NCCc1ccc(OCC(=O)O)cc1. The largest absolute Gasteiger partial charge is 0.490 e. The first-order valence-electron chi connectivity index (χ1n) is 8.53. The highest BCUT2D eigenvalue weighted by Crippen LogP contribution is 2.24. The molecule has 0 aliphatic rings. The van der Waals surface area contributed by atoms with Crippen LogP contribution in [0.5, 0.6) is 11.5 Å². The summed E-state index contributed by atoms with van der Waals surface area (Å²) in [7, 11) is 0. The van der Waals surface area contributed by atoms with E-state index < -0.39 is 5.97 Å². The molecule has 1 amide bonds. The van der Waals surface area contributed by atoms with Crippen LogP contribution in [0.3, 0.4) is 0 Å². The van der Waals surface area contributed by atoms with E-state index in [4.69, 9.17) is 26.2 Å². The molecule has 2 aromatic carbocycles. The van der Waals surface area contributed by atoms with Crippen LogP contribution in [-0.4, -0.2) is 36.2 Å². The van der Waals surface area contributed by atoms with Crippen LogP contribution in [-0.2, 0) is 11.2 Å². The average molecular weight is 392 g/mol. The van der Waals surface area contributed by atoms with Gasteiger partial charge in [0.2, 0.25) is 0 Å². The quantitative estimate of drug-likeness (QED) is 0.682. The summed E-state index contributed by atoms with van der Waals surface area (Å²) in [5, 5.41) is 11.9. The fraction of sp³-hybridized carbons (Fsp3) is 0.300. The Morgan fingerprint density at radius 1 is 1.15 bits per heavy atom. The molecule has 0 radical (unpaired) electrons. The van der Waals surface area contributed by atoms with Crippen LogP contribution in [0, 0.1) is 0 Å². The summed E-state index contributed by atoms with van der Waals surface area (Å²) in [5.41, 5.74) is 1.39. The van der Waals surface area contributed by atoms with Gasteiger partial charge in [0.25, 0.3) is 5.91 Å². The van der Waals surface area contributed by atoms with E-state index in [0.29, 0.717) is 35.1 Å². The molecule has 0 saturated carbocycles. The number of rotatable bonds is 9. The van der Waals surface area contributed by atoms with Crippen molar-refractivity contribution in [3.63, 3.8) is 0 Å².